The van der Waals surface area contributed by atoms with Gasteiger partial charge >= 0.3 is 0 Å². The van der Waals surface area contributed by atoms with E-state index in [-0.39, 0.29) is 0 Å². The summed E-state index contributed by atoms with van der Waals surface area (Å²) in [5.41, 5.74) is 3.86. The third-order valence-corrected chi connectivity index (χ3v) is 5.34. The predicted octanol–water partition coefficient (Wildman–Crippen LogP) is 3.91. The fourth-order valence-electron chi connectivity index (χ4n) is 3.72. The summed E-state index contributed by atoms with van der Waals surface area (Å²) >= 11 is 0. The highest BCUT2D eigenvalue weighted by molar-refractivity contribution is 5.41. The van der Waals surface area contributed by atoms with Crippen LogP contribution in [0.1, 0.15) is 52.2 Å². The minimum Gasteiger partial charge on any atom is -0.313 e. The van der Waals surface area contributed by atoms with E-state index < -0.39 is 0 Å². The van der Waals surface area contributed by atoms with Gasteiger partial charge in [0.15, 0.2) is 0 Å². The van der Waals surface area contributed by atoms with E-state index in [9.17, 15) is 0 Å². The smallest absolute Gasteiger partial charge is 0.0167 e. The molecule has 1 aromatic carbocycles. The number of benzene rings is 1. The van der Waals surface area contributed by atoms with Gasteiger partial charge in [0.05, 0.1) is 0 Å². The summed E-state index contributed by atoms with van der Waals surface area (Å²) in [6, 6.07) is 9.67. The maximum Gasteiger partial charge on any atom is 0.0167 e. The van der Waals surface area contributed by atoms with Gasteiger partial charge in [0, 0.05) is 11.5 Å². The van der Waals surface area contributed by atoms with Crippen molar-refractivity contribution in [3.63, 3.8) is 0 Å². The van der Waals surface area contributed by atoms with Crippen molar-refractivity contribution in [1.29, 1.82) is 0 Å². The fourth-order valence-corrected chi connectivity index (χ4v) is 3.72. The summed E-state index contributed by atoms with van der Waals surface area (Å²) in [5, 5.41) is 3.71. The first-order valence-electron chi connectivity index (χ1n) is 7.37. The van der Waals surface area contributed by atoms with Crippen LogP contribution < -0.4 is 5.32 Å². The van der Waals surface area contributed by atoms with Crippen molar-refractivity contribution in [3.8, 4) is 0 Å². The van der Waals surface area contributed by atoms with Crippen LogP contribution in [0.15, 0.2) is 24.3 Å². The van der Waals surface area contributed by atoms with Crippen molar-refractivity contribution in [3.05, 3.63) is 35.4 Å². The number of hydrogen-bond acceptors (Lipinski definition) is 1. The van der Waals surface area contributed by atoms with Crippen molar-refractivity contribution in [2.45, 2.75) is 58.9 Å². The Kier molecular flexibility index (Phi) is 3.55. The van der Waals surface area contributed by atoms with E-state index in [4.69, 9.17) is 0 Å². The molecular weight excluding hydrogens is 218 g/mol. The molecule has 0 amide bonds. The third-order valence-electron chi connectivity index (χ3n) is 5.34. The molecule has 100 valence electrons. The van der Waals surface area contributed by atoms with Gasteiger partial charge in [0.25, 0.3) is 0 Å². The number of fused-ring (bicyclic) bond motifs is 4. The first-order valence-corrected chi connectivity index (χ1v) is 7.37. The molecule has 1 aliphatic carbocycles. The minimum absolute atomic E-state index is 0.345. The Balaban J connectivity index is 0.000000574. The molecule has 2 atom stereocenters. The average molecular weight is 245 g/mol. The van der Waals surface area contributed by atoms with Crippen molar-refractivity contribution in [2.24, 2.45) is 5.41 Å². The van der Waals surface area contributed by atoms with Gasteiger partial charge in [-0.15, -0.1) is 0 Å². The Morgan fingerprint density at radius 1 is 1.11 bits per heavy atom. The maximum absolute atomic E-state index is 3.71. The molecule has 1 nitrogen and oxygen atoms in total. The zero-order chi connectivity index (χ0) is 13.4. The molecule has 1 aliphatic heterocycles. The Morgan fingerprint density at radius 3 is 2.50 bits per heavy atom. The molecule has 1 heteroatoms. The Bertz CT molecular complexity index is 421. The SMILES string of the molecule is CC.CC12CCNC(Cc3ccccc31)C2(C)C. The van der Waals surface area contributed by atoms with Crippen LogP contribution in [0.25, 0.3) is 0 Å². The first-order chi connectivity index (χ1) is 8.56. The summed E-state index contributed by atoms with van der Waals surface area (Å²) in [7, 11) is 0. The topological polar surface area (TPSA) is 12.0 Å². The zero-order valence-corrected chi connectivity index (χ0v) is 12.5. The standard InChI is InChI=1S/C15H21N.C2H6/c1-14(2)13-10-11-6-4-5-7-12(11)15(14,3)8-9-16-13;1-2/h4-7,13,16H,8-10H2,1-3H3;1-2H3. The van der Waals surface area contributed by atoms with Crippen LogP contribution in [0.5, 0.6) is 0 Å². The number of rotatable bonds is 0. The lowest BCUT2D eigenvalue weighted by atomic mass is 9.51. The molecule has 1 aromatic rings. The van der Waals surface area contributed by atoms with Gasteiger partial charge in [0.2, 0.25) is 0 Å². The average Bonchev–Trinajstić information content (AvgIpc) is 2.36. The number of piperidine rings is 1. The van der Waals surface area contributed by atoms with Crippen LogP contribution in [-0.4, -0.2) is 12.6 Å². The molecule has 18 heavy (non-hydrogen) atoms. The van der Waals surface area contributed by atoms with Crippen LogP contribution in [0, 0.1) is 5.41 Å². The normalized spacial score (nSPS) is 31.9. The first kappa shape index (κ1) is 13.6. The van der Waals surface area contributed by atoms with E-state index in [0.717, 1.165) is 0 Å². The molecule has 0 aromatic heterocycles. The van der Waals surface area contributed by atoms with E-state index in [1.165, 1.54) is 19.4 Å². The zero-order valence-electron chi connectivity index (χ0n) is 12.5. The maximum atomic E-state index is 3.71. The Labute approximate surface area is 112 Å². The molecule has 1 heterocycles. The van der Waals surface area contributed by atoms with Crippen molar-refractivity contribution in [2.75, 3.05) is 6.54 Å². The lowest BCUT2D eigenvalue weighted by Gasteiger charge is -2.57. The highest BCUT2D eigenvalue weighted by Crippen LogP contribution is 2.53. The largest absolute Gasteiger partial charge is 0.313 e. The number of hydrogen-bond donors (Lipinski definition) is 1. The lowest BCUT2D eigenvalue weighted by molar-refractivity contribution is 0.0559. The van der Waals surface area contributed by atoms with E-state index in [0.29, 0.717) is 16.9 Å². The van der Waals surface area contributed by atoms with Crippen LogP contribution in [0.3, 0.4) is 0 Å². The van der Waals surface area contributed by atoms with Crippen molar-refractivity contribution >= 4 is 0 Å². The summed E-state index contributed by atoms with van der Waals surface area (Å²) in [6.07, 6.45) is 2.45. The van der Waals surface area contributed by atoms with E-state index >= 15 is 0 Å². The van der Waals surface area contributed by atoms with Gasteiger partial charge in [-0.2, -0.15) is 0 Å². The van der Waals surface area contributed by atoms with Crippen molar-refractivity contribution < 1.29 is 0 Å². The quantitative estimate of drug-likeness (QED) is 0.730. The molecular formula is C17H27N. The van der Waals surface area contributed by atoms with Crippen LogP contribution in [0.4, 0.5) is 0 Å². The fraction of sp³-hybridized carbons (Fsp3) is 0.647. The molecule has 0 saturated carbocycles. The summed E-state index contributed by atoms with van der Waals surface area (Å²) in [5.74, 6) is 0. The second-order valence-corrected chi connectivity index (χ2v) is 6.17. The van der Waals surface area contributed by atoms with E-state index in [1.54, 1.807) is 11.1 Å². The summed E-state index contributed by atoms with van der Waals surface area (Å²) in [4.78, 5) is 0. The van der Waals surface area contributed by atoms with Crippen LogP contribution >= 0.6 is 0 Å². The molecule has 3 rings (SSSR count). The molecule has 2 aliphatic rings. The van der Waals surface area contributed by atoms with Crippen molar-refractivity contribution in [1.82, 2.24) is 5.32 Å². The highest BCUT2D eigenvalue weighted by Gasteiger charge is 2.52. The third kappa shape index (κ3) is 1.72. The van der Waals surface area contributed by atoms with Gasteiger partial charge in [-0.25, -0.2) is 0 Å². The predicted molar refractivity (Wildman–Crippen MR) is 79.0 cm³/mol. The lowest BCUT2D eigenvalue weighted by Crippen LogP contribution is -2.62. The van der Waals surface area contributed by atoms with E-state index in [1.807, 2.05) is 13.8 Å². The van der Waals surface area contributed by atoms with Gasteiger partial charge < -0.3 is 5.32 Å². The highest BCUT2D eigenvalue weighted by atomic mass is 15.0. The van der Waals surface area contributed by atoms with Crippen LogP contribution in [-0.2, 0) is 11.8 Å². The second-order valence-electron chi connectivity index (χ2n) is 6.17. The molecule has 2 bridgehead atoms. The molecule has 2 unspecified atom stereocenters. The van der Waals surface area contributed by atoms with Crippen LogP contribution in [0.2, 0.25) is 0 Å². The monoisotopic (exact) mass is 245 g/mol. The summed E-state index contributed by atoms with van der Waals surface area (Å²) in [6.45, 7) is 12.5. The molecule has 1 fully saturated rings. The van der Waals surface area contributed by atoms with E-state index in [2.05, 4.69) is 50.4 Å². The molecule has 0 spiro atoms. The molecule has 1 N–H and O–H groups in total. The van der Waals surface area contributed by atoms with Gasteiger partial charge in [-0.05, 0) is 35.9 Å². The second kappa shape index (κ2) is 4.70. The minimum atomic E-state index is 0.345. The molecule has 1 saturated heterocycles. The number of nitrogens with one attached hydrogen (secondary N) is 1. The Morgan fingerprint density at radius 2 is 1.78 bits per heavy atom. The van der Waals surface area contributed by atoms with Gasteiger partial charge in [0.1, 0.15) is 0 Å². The summed E-state index contributed by atoms with van der Waals surface area (Å²) < 4.78 is 0. The molecule has 0 radical (unpaired) electrons. The van der Waals surface area contributed by atoms with Gasteiger partial charge in [-0.1, -0.05) is 58.9 Å². The Hall–Kier alpha value is -0.820. The van der Waals surface area contributed by atoms with Gasteiger partial charge in [-0.3, -0.25) is 0 Å².